The van der Waals surface area contributed by atoms with E-state index in [-0.39, 0.29) is 11.9 Å². The van der Waals surface area contributed by atoms with Gasteiger partial charge in [-0.05, 0) is 61.9 Å². The molecule has 1 heterocycles. The van der Waals surface area contributed by atoms with Gasteiger partial charge in [0.25, 0.3) is 0 Å². The molecule has 1 aromatic carbocycles. The number of hydrogen-bond acceptors (Lipinski definition) is 4. The molecule has 0 saturated carbocycles. The molecule has 4 heteroatoms. The monoisotopic (exact) mass is 290 g/mol. The number of piperidine rings is 1. The smallest absolute Gasteiger partial charge is 0.306 e. The lowest BCUT2D eigenvalue weighted by atomic mass is 9.82. The molecule has 0 aliphatic carbocycles. The van der Waals surface area contributed by atoms with E-state index in [4.69, 9.17) is 4.74 Å². The second-order valence-corrected chi connectivity index (χ2v) is 5.78. The zero-order valence-corrected chi connectivity index (χ0v) is 13.0. The van der Waals surface area contributed by atoms with Crippen LogP contribution in [0.2, 0.25) is 0 Å². The first-order valence-corrected chi connectivity index (χ1v) is 7.78. The maximum atomic E-state index is 11.7. The molecule has 0 bridgehead atoms. The van der Waals surface area contributed by atoms with Gasteiger partial charge >= 0.3 is 5.97 Å². The second-order valence-electron chi connectivity index (χ2n) is 5.78. The van der Waals surface area contributed by atoms with E-state index in [1.165, 1.54) is 25.5 Å². The summed E-state index contributed by atoms with van der Waals surface area (Å²) in [5.41, 5.74) is 2.32. The minimum atomic E-state index is -0.121. The van der Waals surface area contributed by atoms with Gasteiger partial charge in [-0.3, -0.25) is 4.79 Å². The Hall–Kier alpha value is -1.55. The molecule has 1 unspecified atom stereocenters. The zero-order chi connectivity index (χ0) is 15.1. The molecule has 1 saturated heterocycles. The van der Waals surface area contributed by atoms with Crippen molar-refractivity contribution in [1.29, 1.82) is 0 Å². The van der Waals surface area contributed by atoms with Gasteiger partial charge in [-0.2, -0.15) is 0 Å². The third-order valence-electron chi connectivity index (χ3n) is 4.36. The van der Waals surface area contributed by atoms with Crippen LogP contribution in [0.5, 0.6) is 0 Å². The Bertz CT molecular complexity index is 456. The lowest BCUT2D eigenvalue weighted by molar-refractivity contribution is -0.141. The van der Waals surface area contributed by atoms with Crippen LogP contribution in [-0.4, -0.2) is 33.2 Å². The van der Waals surface area contributed by atoms with Crippen molar-refractivity contribution in [1.82, 2.24) is 5.32 Å². The van der Waals surface area contributed by atoms with Crippen molar-refractivity contribution >= 4 is 11.7 Å². The minimum Gasteiger partial charge on any atom is -0.469 e. The normalized spacial score (nSPS) is 17.2. The first-order chi connectivity index (χ1) is 10.2. The van der Waals surface area contributed by atoms with Crippen LogP contribution in [0.1, 0.15) is 37.2 Å². The summed E-state index contributed by atoms with van der Waals surface area (Å²) in [5.74, 6) is 0.816. The first kappa shape index (κ1) is 15.8. The maximum Gasteiger partial charge on any atom is 0.306 e. The predicted octanol–water partition coefficient (Wildman–Crippen LogP) is 2.76. The van der Waals surface area contributed by atoms with E-state index in [0.29, 0.717) is 12.3 Å². The third-order valence-corrected chi connectivity index (χ3v) is 4.36. The molecule has 0 aromatic heterocycles. The molecule has 21 heavy (non-hydrogen) atoms. The molecular weight excluding hydrogens is 264 g/mol. The first-order valence-electron chi connectivity index (χ1n) is 7.78. The SMILES string of the molecule is CNc1cccc(C(CC(=O)OC)CC2CCNCC2)c1. The van der Waals surface area contributed by atoms with E-state index in [9.17, 15) is 4.79 Å². The highest BCUT2D eigenvalue weighted by molar-refractivity contribution is 5.70. The second kappa shape index (κ2) is 8.03. The van der Waals surface area contributed by atoms with Crippen LogP contribution in [-0.2, 0) is 9.53 Å². The van der Waals surface area contributed by atoms with Crippen molar-refractivity contribution in [2.45, 2.75) is 31.6 Å². The molecule has 1 aromatic rings. The Morgan fingerprint density at radius 1 is 1.43 bits per heavy atom. The van der Waals surface area contributed by atoms with Crippen molar-refractivity contribution < 1.29 is 9.53 Å². The largest absolute Gasteiger partial charge is 0.469 e. The Kier molecular flexibility index (Phi) is 6.05. The molecule has 0 spiro atoms. The molecule has 0 radical (unpaired) electrons. The molecule has 0 amide bonds. The van der Waals surface area contributed by atoms with E-state index in [0.717, 1.165) is 25.2 Å². The van der Waals surface area contributed by atoms with Crippen LogP contribution in [0.3, 0.4) is 0 Å². The number of ether oxygens (including phenoxy) is 1. The van der Waals surface area contributed by atoms with E-state index in [2.05, 4.69) is 22.8 Å². The van der Waals surface area contributed by atoms with Crippen molar-refractivity contribution in [3.63, 3.8) is 0 Å². The fraction of sp³-hybridized carbons (Fsp3) is 0.588. The molecule has 1 atom stereocenters. The van der Waals surface area contributed by atoms with Gasteiger partial charge < -0.3 is 15.4 Å². The predicted molar refractivity (Wildman–Crippen MR) is 85.6 cm³/mol. The number of hydrogen-bond donors (Lipinski definition) is 2. The third kappa shape index (κ3) is 4.74. The molecule has 1 fully saturated rings. The molecule has 1 aliphatic heterocycles. The van der Waals surface area contributed by atoms with Gasteiger partial charge in [0.2, 0.25) is 0 Å². The summed E-state index contributed by atoms with van der Waals surface area (Å²) in [4.78, 5) is 11.7. The van der Waals surface area contributed by atoms with Gasteiger partial charge in [0, 0.05) is 12.7 Å². The highest BCUT2D eigenvalue weighted by Crippen LogP contribution is 2.32. The van der Waals surface area contributed by atoms with Crippen molar-refractivity contribution in [2.75, 3.05) is 32.6 Å². The highest BCUT2D eigenvalue weighted by Gasteiger charge is 2.23. The number of carbonyl (C=O) groups excluding carboxylic acids is 1. The zero-order valence-electron chi connectivity index (χ0n) is 13.0. The van der Waals surface area contributed by atoms with Crippen LogP contribution in [0.4, 0.5) is 5.69 Å². The standard InChI is InChI=1S/C17H26N2O2/c1-18-16-5-3-4-14(11-16)15(12-17(20)21-2)10-13-6-8-19-9-7-13/h3-5,11,13,15,18-19H,6-10,12H2,1-2H3. The van der Waals surface area contributed by atoms with Gasteiger partial charge in [-0.1, -0.05) is 12.1 Å². The van der Waals surface area contributed by atoms with Crippen LogP contribution >= 0.6 is 0 Å². The molecule has 2 N–H and O–H groups in total. The average Bonchev–Trinajstić information content (AvgIpc) is 2.55. The molecule has 116 valence electrons. The van der Waals surface area contributed by atoms with E-state index < -0.39 is 0 Å². The van der Waals surface area contributed by atoms with Gasteiger partial charge in [0.1, 0.15) is 0 Å². The number of esters is 1. The fourth-order valence-corrected chi connectivity index (χ4v) is 3.09. The number of rotatable bonds is 6. The Balaban J connectivity index is 2.11. The number of anilines is 1. The van der Waals surface area contributed by atoms with E-state index in [1.54, 1.807) is 0 Å². The molecule has 2 rings (SSSR count). The Morgan fingerprint density at radius 2 is 2.19 bits per heavy atom. The molecular formula is C17H26N2O2. The summed E-state index contributed by atoms with van der Waals surface area (Å²) >= 11 is 0. The summed E-state index contributed by atoms with van der Waals surface area (Å²) in [6.45, 7) is 2.18. The van der Waals surface area contributed by atoms with Crippen molar-refractivity contribution in [2.24, 2.45) is 5.92 Å². The number of carbonyl (C=O) groups is 1. The van der Waals surface area contributed by atoms with Crippen LogP contribution in [0, 0.1) is 5.92 Å². The average molecular weight is 290 g/mol. The van der Waals surface area contributed by atoms with Gasteiger partial charge in [0.15, 0.2) is 0 Å². The van der Waals surface area contributed by atoms with Gasteiger partial charge in [-0.15, -0.1) is 0 Å². The lowest BCUT2D eigenvalue weighted by Crippen LogP contribution is -2.29. The number of methoxy groups -OCH3 is 1. The van der Waals surface area contributed by atoms with Gasteiger partial charge in [0.05, 0.1) is 13.5 Å². The molecule has 1 aliphatic rings. The fourth-order valence-electron chi connectivity index (χ4n) is 3.09. The van der Waals surface area contributed by atoms with Gasteiger partial charge in [-0.25, -0.2) is 0 Å². The summed E-state index contributed by atoms with van der Waals surface area (Å²) < 4.78 is 4.88. The lowest BCUT2D eigenvalue weighted by Gasteiger charge is -2.27. The maximum absolute atomic E-state index is 11.7. The molecule has 4 nitrogen and oxygen atoms in total. The quantitative estimate of drug-likeness (QED) is 0.791. The van der Waals surface area contributed by atoms with Crippen LogP contribution in [0.25, 0.3) is 0 Å². The Morgan fingerprint density at radius 3 is 2.86 bits per heavy atom. The minimum absolute atomic E-state index is 0.121. The summed E-state index contributed by atoms with van der Waals surface area (Å²) in [5, 5.41) is 6.56. The summed E-state index contributed by atoms with van der Waals surface area (Å²) in [7, 11) is 3.38. The summed E-state index contributed by atoms with van der Waals surface area (Å²) in [6, 6.07) is 8.36. The van der Waals surface area contributed by atoms with Crippen LogP contribution < -0.4 is 10.6 Å². The number of nitrogens with one attached hydrogen (secondary N) is 2. The Labute approximate surface area is 127 Å². The topological polar surface area (TPSA) is 50.4 Å². The summed E-state index contributed by atoms with van der Waals surface area (Å²) in [6.07, 6.45) is 3.92. The van der Waals surface area contributed by atoms with E-state index >= 15 is 0 Å². The van der Waals surface area contributed by atoms with Crippen LogP contribution in [0.15, 0.2) is 24.3 Å². The van der Waals surface area contributed by atoms with Crippen molar-refractivity contribution in [3.8, 4) is 0 Å². The van der Waals surface area contributed by atoms with Crippen molar-refractivity contribution in [3.05, 3.63) is 29.8 Å². The number of benzene rings is 1. The highest BCUT2D eigenvalue weighted by atomic mass is 16.5. The van der Waals surface area contributed by atoms with E-state index in [1.807, 2.05) is 19.2 Å².